The van der Waals surface area contributed by atoms with Gasteiger partial charge in [0.25, 0.3) is 11.4 Å². The highest BCUT2D eigenvalue weighted by atomic mass is 16.6. The van der Waals surface area contributed by atoms with Crippen LogP contribution in [0.3, 0.4) is 0 Å². The van der Waals surface area contributed by atoms with Crippen LogP contribution in [-0.2, 0) is 0 Å². The molecule has 0 aliphatic carbocycles. The van der Waals surface area contributed by atoms with Gasteiger partial charge >= 0.3 is 0 Å². The zero-order valence-electron chi connectivity index (χ0n) is 15.1. The van der Waals surface area contributed by atoms with Crippen molar-refractivity contribution >= 4 is 27.8 Å². The lowest BCUT2D eigenvalue weighted by atomic mass is 9.95. The van der Waals surface area contributed by atoms with Gasteiger partial charge in [0.15, 0.2) is 0 Å². The summed E-state index contributed by atoms with van der Waals surface area (Å²) in [5.41, 5.74) is 1.89. The van der Waals surface area contributed by atoms with Crippen molar-refractivity contribution in [2.24, 2.45) is 0 Å². The Kier molecular flexibility index (Phi) is 5.03. The fourth-order valence-corrected chi connectivity index (χ4v) is 3.30. The molecule has 0 aliphatic heterocycles. The molecule has 7 nitrogen and oxygen atoms in total. The van der Waals surface area contributed by atoms with Gasteiger partial charge < -0.3 is 4.90 Å². The minimum atomic E-state index is -0.598. The van der Waals surface area contributed by atoms with Gasteiger partial charge in [0.05, 0.1) is 21.3 Å². The zero-order valence-corrected chi connectivity index (χ0v) is 15.1. The zero-order chi connectivity index (χ0) is 19.6. The molecule has 27 heavy (non-hydrogen) atoms. The van der Waals surface area contributed by atoms with Crippen molar-refractivity contribution in [1.82, 2.24) is 0 Å². The molecule has 0 bridgehead atoms. The van der Waals surface area contributed by atoms with E-state index in [2.05, 4.69) is 4.90 Å². The number of hydrogen-bond acceptors (Lipinski definition) is 5. The van der Waals surface area contributed by atoms with Crippen LogP contribution in [-0.4, -0.2) is 22.9 Å². The quantitative estimate of drug-likeness (QED) is 0.444. The molecule has 7 heteroatoms. The average molecular weight is 365 g/mol. The van der Waals surface area contributed by atoms with Gasteiger partial charge in [-0.1, -0.05) is 30.3 Å². The maximum absolute atomic E-state index is 11.6. The van der Waals surface area contributed by atoms with Crippen LogP contribution < -0.4 is 4.90 Å². The Morgan fingerprint density at radius 1 is 0.852 bits per heavy atom. The van der Waals surface area contributed by atoms with Gasteiger partial charge in [0.1, 0.15) is 0 Å². The first kappa shape index (κ1) is 18.3. The topological polar surface area (TPSA) is 89.5 Å². The number of benzene rings is 3. The molecule has 0 aliphatic rings. The number of hydrogen-bond donors (Lipinski definition) is 0. The first-order chi connectivity index (χ1) is 13.0. The smallest absolute Gasteiger partial charge is 0.284 e. The van der Waals surface area contributed by atoms with E-state index in [1.165, 1.54) is 6.07 Å². The van der Waals surface area contributed by atoms with Crippen molar-refractivity contribution in [2.45, 2.75) is 13.8 Å². The van der Waals surface area contributed by atoms with E-state index in [0.29, 0.717) is 10.8 Å². The van der Waals surface area contributed by atoms with E-state index in [1.54, 1.807) is 6.07 Å². The van der Waals surface area contributed by atoms with Gasteiger partial charge in [0.2, 0.25) is 0 Å². The number of nitro benzene ring substituents is 2. The van der Waals surface area contributed by atoms with E-state index in [-0.39, 0.29) is 11.4 Å². The number of non-ortho nitro benzene ring substituents is 2. The molecule has 3 aromatic rings. The van der Waals surface area contributed by atoms with Crippen LogP contribution in [0.2, 0.25) is 0 Å². The monoisotopic (exact) mass is 365 g/mol. The second kappa shape index (κ2) is 7.41. The summed E-state index contributed by atoms with van der Waals surface area (Å²) in [6, 6.07) is 15.5. The summed E-state index contributed by atoms with van der Waals surface area (Å²) in [6.45, 7) is 5.52. The Bertz CT molecular complexity index is 1010. The van der Waals surface area contributed by atoms with Gasteiger partial charge in [-0.3, -0.25) is 20.2 Å². The Labute approximate surface area is 156 Å². The van der Waals surface area contributed by atoms with Crippen molar-refractivity contribution in [3.05, 3.63) is 74.8 Å². The molecule has 3 rings (SSSR count). The second-order valence-corrected chi connectivity index (χ2v) is 6.11. The van der Waals surface area contributed by atoms with Gasteiger partial charge in [-0.15, -0.1) is 0 Å². The van der Waals surface area contributed by atoms with E-state index in [1.807, 2.05) is 50.2 Å². The molecule has 0 N–H and O–H groups in total. The summed E-state index contributed by atoms with van der Waals surface area (Å²) in [5, 5.41) is 23.8. The minimum absolute atomic E-state index is 0.259. The van der Waals surface area contributed by atoms with Crippen molar-refractivity contribution in [2.75, 3.05) is 18.0 Å². The predicted molar refractivity (Wildman–Crippen MR) is 106 cm³/mol. The Hall–Kier alpha value is -3.48. The maximum atomic E-state index is 11.6. The molecule has 0 spiro atoms. The summed E-state index contributed by atoms with van der Waals surface area (Å²) in [5.74, 6) is 0. The fraction of sp³-hybridized carbons (Fsp3) is 0.200. The SMILES string of the molecule is CCN(CC)c1cc(-c2ccccc2)c2cc([N+](=O)[O-])cc([N+](=O)[O-])c2c1. The molecule has 0 heterocycles. The van der Waals surface area contributed by atoms with E-state index < -0.39 is 9.85 Å². The van der Waals surface area contributed by atoms with Crippen molar-refractivity contribution in [3.63, 3.8) is 0 Å². The number of rotatable bonds is 6. The lowest BCUT2D eigenvalue weighted by molar-refractivity contribution is -0.393. The van der Waals surface area contributed by atoms with E-state index in [0.717, 1.165) is 36.0 Å². The highest BCUT2D eigenvalue weighted by Crippen LogP contribution is 2.40. The highest BCUT2D eigenvalue weighted by Gasteiger charge is 2.23. The molecule has 138 valence electrons. The summed E-state index contributed by atoms with van der Waals surface area (Å²) in [4.78, 5) is 23.9. The summed E-state index contributed by atoms with van der Waals surface area (Å²) >= 11 is 0. The lowest BCUT2D eigenvalue weighted by Crippen LogP contribution is -2.21. The molecule has 0 fully saturated rings. The first-order valence-corrected chi connectivity index (χ1v) is 8.67. The average Bonchev–Trinajstić information content (AvgIpc) is 2.68. The van der Waals surface area contributed by atoms with Crippen LogP contribution in [0.4, 0.5) is 17.1 Å². The third kappa shape index (κ3) is 3.44. The third-order valence-corrected chi connectivity index (χ3v) is 4.64. The van der Waals surface area contributed by atoms with Crippen LogP contribution in [0.15, 0.2) is 54.6 Å². The maximum Gasteiger partial charge on any atom is 0.284 e. The van der Waals surface area contributed by atoms with Gasteiger partial charge in [-0.05, 0) is 37.1 Å². The van der Waals surface area contributed by atoms with Gasteiger partial charge in [-0.25, -0.2) is 0 Å². The summed E-state index contributed by atoms with van der Waals surface area (Å²) in [7, 11) is 0. The molecule has 0 saturated heterocycles. The van der Waals surface area contributed by atoms with Crippen molar-refractivity contribution in [3.8, 4) is 11.1 Å². The molecule has 0 unspecified atom stereocenters. The summed E-state index contributed by atoms with van der Waals surface area (Å²) in [6.07, 6.45) is 0. The van der Waals surface area contributed by atoms with Crippen molar-refractivity contribution in [1.29, 1.82) is 0 Å². The number of nitro groups is 2. The van der Waals surface area contributed by atoms with Gasteiger partial charge in [-0.2, -0.15) is 0 Å². The van der Waals surface area contributed by atoms with E-state index in [4.69, 9.17) is 0 Å². The third-order valence-electron chi connectivity index (χ3n) is 4.64. The molecule has 0 radical (unpaired) electrons. The second-order valence-electron chi connectivity index (χ2n) is 6.11. The molecule has 0 amide bonds. The molecule has 0 atom stereocenters. The Balaban J connectivity index is 2.45. The Morgan fingerprint density at radius 2 is 1.52 bits per heavy atom. The van der Waals surface area contributed by atoms with Crippen LogP contribution in [0, 0.1) is 20.2 Å². The lowest BCUT2D eigenvalue weighted by Gasteiger charge is -2.23. The number of anilines is 1. The van der Waals surface area contributed by atoms with E-state index in [9.17, 15) is 20.2 Å². The largest absolute Gasteiger partial charge is 0.372 e. The van der Waals surface area contributed by atoms with Crippen LogP contribution in [0.1, 0.15) is 13.8 Å². The standard InChI is InChI=1S/C20H19N3O4/c1-3-21(4-2)15-10-17(14-8-6-5-7-9-14)18-12-16(22(24)25)13-20(23(26)27)19(18)11-15/h5-13H,3-4H2,1-2H3. The van der Waals surface area contributed by atoms with Crippen LogP contribution in [0.5, 0.6) is 0 Å². The Morgan fingerprint density at radius 3 is 2.07 bits per heavy atom. The predicted octanol–water partition coefficient (Wildman–Crippen LogP) is 5.17. The van der Waals surface area contributed by atoms with Crippen LogP contribution in [0.25, 0.3) is 21.9 Å². The van der Waals surface area contributed by atoms with Crippen molar-refractivity contribution < 1.29 is 9.85 Å². The molecular weight excluding hydrogens is 346 g/mol. The summed E-state index contributed by atoms with van der Waals surface area (Å²) < 4.78 is 0. The fourth-order valence-electron chi connectivity index (χ4n) is 3.30. The van der Waals surface area contributed by atoms with E-state index >= 15 is 0 Å². The molecule has 0 aromatic heterocycles. The highest BCUT2D eigenvalue weighted by molar-refractivity contribution is 6.05. The van der Waals surface area contributed by atoms with Crippen LogP contribution >= 0.6 is 0 Å². The number of fused-ring (bicyclic) bond motifs is 1. The first-order valence-electron chi connectivity index (χ1n) is 8.67. The number of nitrogens with zero attached hydrogens (tertiary/aromatic N) is 3. The molecule has 3 aromatic carbocycles. The van der Waals surface area contributed by atoms with Gasteiger partial charge in [0, 0.05) is 30.2 Å². The molecule has 0 saturated carbocycles. The minimum Gasteiger partial charge on any atom is -0.372 e. The normalized spacial score (nSPS) is 10.7. The molecular formula is C20H19N3O4.